The van der Waals surface area contributed by atoms with E-state index in [-0.39, 0.29) is 0 Å². The van der Waals surface area contributed by atoms with Crippen LogP contribution in [-0.2, 0) is 0 Å². The molecule has 1 atom stereocenters. The molecular weight excluding hydrogens is 278 g/mol. The summed E-state index contributed by atoms with van der Waals surface area (Å²) >= 11 is 6.00. The van der Waals surface area contributed by atoms with Gasteiger partial charge in [0.15, 0.2) is 0 Å². The van der Waals surface area contributed by atoms with Crippen molar-refractivity contribution in [2.24, 2.45) is 11.8 Å². The lowest BCUT2D eigenvalue weighted by Gasteiger charge is -2.29. The minimum absolute atomic E-state index is 0.483. The maximum atomic E-state index is 6.00. The monoisotopic (exact) mass is 307 g/mol. The van der Waals surface area contributed by atoms with Crippen LogP contribution in [0.3, 0.4) is 0 Å². The Morgan fingerprint density at radius 3 is 2.24 bits per heavy atom. The normalized spacial score (nSPS) is 24.0. The molecule has 1 fully saturated rings. The van der Waals surface area contributed by atoms with Crippen LogP contribution >= 0.6 is 11.6 Å². The maximum Gasteiger partial charge on any atom is 0.0406 e. The lowest BCUT2D eigenvalue weighted by Crippen LogP contribution is -2.29. The van der Waals surface area contributed by atoms with Crippen molar-refractivity contribution in [3.63, 3.8) is 0 Å². The minimum Gasteiger partial charge on any atom is -0.310 e. The van der Waals surface area contributed by atoms with Gasteiger partial charge in [0.2, 0.25) is 0 Å². The third kappa shape index (κ3) is 5.30. The van der Waals surface area contributed by atoms with Gasteiger partial charge in [-0.1, -0.05) is 63.3 Å². The van der Waals surface area contributed by atoms with E-state index in [1.54, 1.807) is 0 Å². The summed E-state index contributed by atoms with van der Waals surface area (Å²) in [5, 5.41) is 4.64. The molecule has 2 rings (SSSR count). The van der Waals surface area contributed by atoms with E-state index in [1.807, 2.05) is 12.1 Å². The molecule has 0 aliphatic heterocycles. The highest BCUT2D eigenvalue weighted by Gasteiger charge is 2.21. The third-order valence-electron chi connectivity index (χ3n) is 5.05. The lowest BCUT2D eigenvalue weighted by atomic mass is 9.80. The Hall–Kier alpha value is -0.530. The van der Waals surface area contributed by atoms with E-state index < -0.39 is 0 Å². The number of halogens is 1. The molecule has 118 valence electrons. The van der Waals surface area contributed by atoms with Crippen molar-refractivity contribution >= 4 is 11.6 Å². The van der Waals surface area contributed by atoms with Crippen molar-refractivity contribution in [1.29, 1.82) is 0 Å². The molecule has 1 aromatic rings. The first-order valence-electron chi connectivity index (χ1n) is 8.71. The van der Waals surface area contributed by atoms with Crippen LogP contribution in [0.25, 0.3) is 0 Å². The molecule has 1 nitrogen and oxygen atoms in total. The molecule has 1 aliphatic rings. The Morgan fingerprint density at radius 1 is 1.05 bits per heavy atom. The van der Waals surface area contributed by atoms with Crippen molar-refractivity contribution < 1.29 is 0 Å². The molecule has 0 aromatic heterocycles. The van der Waals surface area contributed by atoms with Gasteiger partial charge in [-0.15, -0.1) is 0 Å². The van der Waals surface area contributed by atoms with Crippen LogP contribution in [0.15, 0.2) is 24.3 Å². The maximum absolute atomic E-state index is 6.00. The summed E-state index contributed by atoms with van der Waals surface area (Å²) in [6.07, 6.45) is 9.46. The van der Waals surface area contributed by atoms with Crippen LogP contribution in [0.2, 0.25) is 5.02 Å². The van der Waals surface area contributed by atoms with Crippen LogP contribution in [0.4, 0.5) is 0 Å². The second-order valence-corrected chi connectivity index (χ2v) is 7.03. The molecule has 1 N–H and O–H groups in total. The zero-order chi connectivity index (χ0) is 15.1. The number of hydrogen-bond donors (Lipinski definition) is 1. The van der Waals surface area contributed by atoms with Gasteiger partial charge in [-0.05, 0) is 55.3 Å². The largest absolute Gasteiger partial charge is 0.310 e. The first-order chi connectivity index (χ1) is 10.2. The molecule has 1 aromatic carbocycles. The van der Waals surface area contributed by atoms with E-state index >= 15 is 0 Å². The molecule has 0 bridgehead atoms. The average Bonchev–Trinajstić information content (AvgIpc) is 2.53. The van der Waals surface area contributed by atoms with Crippen molar-refractivity contribution in [2.45, 2.75) is 64.8 Å². The summed E-state index contributed by atoms with van der Waals surface area (Å²) in [7, 11) is 0. The Balaban J connectivity index is 1.84. The van der Waals surface area contributed by atoms with E-state index in [0.29, 0.717) is 6.04 Å². The highest BCUT2D eigenvalue weighted by Crippen LogP contribution is 2.31. The second kappa shape index (κ2) is 8.80. The Kier molecular flexibility index (Phi) is 7.06. The van der Waals surface area contributed by atoms with E-state index in [1.165, 1.54) is 57.1 Å². The fourth-order valence-electron chi connectivity index (χ4n) is 3.52. The summed E-state index contributed by atoms with van der Waals surface area (Å²) in [4.78, 5) is 0. The number of benzene rings is 1. The molecule has 0 radical (unpaired) electrons. The molecule has 0 amide bonds. The smallest absolute Gasteiger partial charge is 0.0406 e. The van der Waals surface area contributed by atoms with Gasteiger partial charge >= 0.3 is 0 Å². The van der Waals surface area contributed by atoms with Crippen LogP contribution in [0.5, 0.6) is 0 Å². The molecular formula is C19H30ClN. The van der Waals surface area contributed by atoms with E-state index in [9.17, 15) is 0 Å². The predicted molar refractivity (Wildman–Crippen MR) is 92.8 cm³/mol. The Bertz CT molecular complexity index is 393. The van der Waals surface area contributed by atoms with Crippen LogP contribution in [0, 0.1) is 11.8 Å². The first-order valence-corrected chi connectivity index (χ1v) is 9.09. The predicted octanol–water partition coefficient (Wildman–Crippen LogP) is 5.99. The van der Waals surface area contributed by atoms with Gasteiger partial charge in [0.05, 0.1) is 0 Å². The zero-order valence-corrected chi connectivity index (χ0v) is 14.3. The van der Waals surface area contributed by atoms with Crippen LogP contribution < -0.4 is 5.32 Å². The van der Waals surface area contributed by atoms with Crippen LogP contribution in [-0.4, -0.2) is 6.54 Å². The van der Waals surface area contributed by atoms with Crippen LogP contribution in [0.1, 0.15) is 70.4 Å². The average molecular weight is 308 g/mol. The van der Waals surface area contributed by atoms with Gasteiger partial charge in [0.1, 0.15) is 0 Å². The van der Waals surface area contributed by atoms with Crippen molar-refractivity contribution in [1.82, 2.24) is 5.32 Å². The van der Waals surface area contributed by atoms with Crippen molar-refractivity contribution in [3.05, 3.63) is 34.9 Å². The standard InChI is InChI=1S/C19H30ClN/c1-3-5-19(17-10-12-18(20)13-11-17)21-14-16-8-6-15(4-2)7-9-16/h10-13,15-16,19,21H,3-9,14H2,1-2H3. The van der Waals surface area contributed by atoms with Crippen molar-refractivity contribution in [3.8, 4) is 0 Å². The van der Waals surface area contributed by atoms with E-state index in [0.717, 1.165) is 16.9 Å². The van der Waals surface area contributed by atoms with E-state index in [4.69, 9.17) is 11.6 Å². The highest BCUT2D eigenvalue weighted by molar-refractivity contribution is 6.30. The van der Waals surface area contributed by atoms with Gasteiger partial charge in [0, 0.05) is 11.1 Å². The molecule has 1 unspecified atom stereocenters. The molecule has 0 heterocycles. The molecule has 0 spiro atoms. The molecule has 2 heteroatoms. The minimum atomic E-state index is 0.483. The van der Waals surface area contributed by atoms with Gasteiger partial charge in [-0.2, -0.15) is 0 Å². The quantitative estimate of drug-likeness (QED) is 0.652. The molecule has 0 saturated heterocycles. The van der Waals surface area contributed by atoms with Gasteiger partial charge in [0.25, 0.3) is 0 Å². The van der Waals surface area contributed by atoms with Gasteiger partial charge in [-0.25, -0.2) is 0 Å². The number of rotatable bonds is 7. The van der Waals surface area contributed by atoms with Gasteiger partial charge < -0.3 is 5.32 Å². The summed E-state index contributed by atoms with van der Waals surface area (Å²) in [5.74, 6) is 1.86. The molecule has 1 aliphatic carbocycles. The van der Waals surface area contributed by atoms with Crippen molar-refractivity contribution in [2.75, 3.05) is 6.54 Å². The number of nitrogens with one attached hydrogen (secondary N) is 1. The summed E-state index contributed by atoms with van der Waals surface area (Å²) in [5.41, 5.74) is 1.38. The SMILES string of the molecule is CCCC(NCC1CCC(CC)CC1)c1ccc(Cl)cc1. The van der Waals surface area contributed by atoms with E-state index in [2.05, 4.69) is 31.3 Å². The Labute approximate surface area is 135 Å². The summed E-state index contributed by atoms with van der Waals surface area (Å²) < 4.78 is 0. The zero-order valence-electron chi connectivity index (χ0n) is 13.6. The van der Waals surface area contributed by atoms with Gasteiger partial charge in [-0.3, -0.25) is 0 Å². The first kappa shape index (κ1) is 16.8. The highest BCUT2D eigenvalue weighted by atomic mass is 35.5. The Morgan fingerprint density at radius 2 is 1.67 bits per heavy atom. The lowest BCUT2D eigenvalue weighted by molar-refractivity contribution is 0.255. The summed E-state index contributed by atoms with van der Waals surface area (Å²) in [6.45, 7) is 5.77. The molecule has 1 saturated carbocycles. The third-order valence-corrected chi connectivity index (χ3v) is 5.30. The fraction of sp³-hybridized carbons (Fsp3) is 0.684. The topological polar surface area (TPSA) is 12.0 Å². The molecule has 21 heavy (non-hydrogen) atoms. The fourth-order valence-corrected chi connectivity index (χ4v) is 3.65. The summed E-state index contributed by atoms with van der Waals surface area (Å²) in [6, 6.07) is 8.84. The second-order valence-electron chi connectivity index (χ2n) is 6.60. The number of hydrogen-bond acceptors (Lipinski definition) is 1.